The number of benzene rings is 1. The monoisotopic (exact) mass is 359 g/mol. The number of amides is 1. The molecule has 1 aliphatic carbocycles. The molecule has 1 saturated carbocycles. The van der Waals surface area contributed by atoms with Crippen LogP contribution in [0.15, 0.2) is 12.1 Å². The van der Waals surface area contributed by atoms with Crippen LogP contribution >= 0.6 is 11.3 Å². The Labute approximate surface area is 154 Å². The van der Waals surface area contributed by atoms with Gasteiger partial charge >= 0.3 is 0 Å². The van der Waals surface area contributed by atoms with E-state index in [2.05, 4.69) is 45.0 Å². The largest absolute Gasteiger partial charge is 0.309 e. The highest BCUT2D eigenvalue weighted by atomic mass is 32.1. The maximum Gasteiger partial charge on any atom is 0.231 e. The van der Waals surface area contributed by atoms with Crippen LogP contribution in [0.4, 0.5) is 5.13 Å². The first-order chi connectivity index (χ1) is 12.0. The van der Waals surface area contributed by atoms with Gasteiger partial charge in [-0.25, -0.2) is 4.98 Å². The number of carbonyl (C=O) groups excluding carboxylic acids is 1. The second-order valence-electron chi connectivity index (χ2n) is 7.48. The summed E-state index contributed by atoms with van der Waals surface area (Å²) in [7, 11) is 4.15. The van der Waals surface area contributed by atoms with Crippen molar-refractivity contribution in [2.24, 2.45) is 5.92 Å². The average Bonchev–Trinajstić information content (AvgIpc) is 3.24. The lowest BCUT2D eigenvalue weighted by atomic mass is 10.1. The van der Waals surface area contributed by atoms with Crippen molar-refractivity contribution < 1.29 is 4.79 Å². The van der Waals surface area contributed by atoms with Gasteiger partial charge in [-0.3, -0.25) is 9.69 Å². The Balaban J connectivity index is 1.89. The normalized spacial score (nSPS) is 15.4. The summed E-state index contributed by atoms with van der Waals surface area (Å²) in [6.45, 7) is 5.98. The standard InChI is InChI=1S/C20H29N3OS/c1-14-10-11-17-18(15(14)2)21-20(25-17)23(13-7-12-22(3)4)19(24)16-8-5-6-9-16/h10-11,16H,5-9,12-13H2,1-4H3. The van der Waals surface area contributed by atoms with Gasteiger partial charge in [0.25, 0.3) is 0 Å². The first-order valence-electron chi connectivity index (χ1n) is 9.30. The van der Waals surface area contributed by atoms with E-state index in [4.69, 9.17) is 4.98 Å². The van der Waals surface area contributed by atoms with Crippen LogP contribution in [0.1, 0.15) is 43.2 Å². The Hall–Kier alpha value is -1.46. The molecule has 0 spiro atoms. The van der Waals surface area contributed by atoms with Crippen molar-refractivity contribution in [2.45, 2.75) is 46.0 Å². The minimum atomic E-state index is 0.189. The smallest absolute Gasteiger partial charge is 0.231 e. The van der Waals surface area contributed by atoms with Crippen LogP contribution in [0.5, 0.6) is 0 Å². The zero-order valence-electron chi connectivity index (χ0n) is 15.8. The molecule has 25 heavy (non-hydrogen) atoms. The third kappa shape index (κ3) is 4.04. The molecule has 0 atom stereocenters. The van der Waals surface area contributed by atoms with Gasteiger partial charge in [-0.2, -0.15) is 0 Å². The van der Waals surface area contributed by atoms with Gasteiger partial charge in [0.15, 0.2) is 5.13 Å². The maximum atomic E-state index is 13.1. The molecule has 4 nitrogen and oxygen atoms in total. The number of thiazole rings is 1. The number of rotatable bonds is 6. The van der Waals surface area contributed by atoms with E-state index in [9.17, 15) is 4.79 Å². The van der Waals surface area contributed by atoms with E-state index in [0.29, 0.717) is 0 Å². The fourth-order valence-electron chi connectivity index (χ4n) is 3.57. The van der Waals surface area contributed by atoms with Crippen molar-refractivity contribution in [3.8, 4) is 0 Å². The van der Waals surface area contributed by atoms with E-state index in [1.54, 1.807) is 11.3 Å². The van der Waals surface area contributed by atoms with Gasteiger partial charge in [-0.1, -0.05) is 30.2 Å². The fourth-order valence-corrected chi connectivity index (χ4v) is 4.62. The molecule has 1 aliphatic rings. The van der Waals surface area contributed by atoms with Crippen molar-refractivity contribution in [3.63, 3.8) is 0 Å². The summed E-state index contributed by atoms with van der Waals surface area (Å²) in [5.41, 5.74) is 3.53. The lowest BCUT2D eigenvalue weighted by Gasteiger charge is -2.24. The predicted molar refractivity (Wildman–Crippen MR) is 107 cm³/mol. The Bertz CT molecular complexity index is 747. The fraction of sp³-hybridized carbons (Fsp3) is 0.600. The third-order valence-corrected chi connectivity index (χ3v) is 6.31. The first-order valence-corrected chi connectivity index (χ1v) is 10.1. The van der Waals surface area contributed by atoms with Gasteiger partial charge in [-0.05, 0) is 70.9 Å². The number of carbonyl (C=O) groups is 1. The molecule has 3 rings (SSSR count). The average molecular weight is 360 g/mol. The molecular formula is C20H29N3OS. The topological polar surface area (TPSA) is 36.4 Å². The second kappa shape index (κ2) is 7.83. The van der Waals surface area contributed by atoms with E-state index in [1.165, 1.54) is 28.7 Å². The molecule has 0 saturated heterocycles. The first kappa shape index (κ1) is 18.3. The molecule has 1 heterocycles. The summed E-state index contributed by atoms with van der Waals surface area (Å²) >= 11 is 1.65. The molecule has 1 aromatic heterocycles. The van der Waals surface area contributed by atoms with Crippen molar-refractivity contribution in [1.82, 2.24) is 9.88 Å². The Morgan fingerprint density at radius 3 is 2.60 bits per heavy atom. The number of anilines is 1. The quantitative estimate of drug-likeness (QED) is 0.767. The molecule has 0 bridgehead atoms. The molecule has 5 heteroatoms. The highest BCUT2D eigenvalue weighted by molar-refractivity contribution is 7.22. The van der Waals surface area contributed by atoms with E-state index < -0.39 is 0 Å². The number of fused-ring (bicyclic) bond motifs is 1. The SMILES string of the molecule is Cc1ccc2sc(N(CCCN(C)C)C(=O)C3CCCC3)nc2c1C. The van der Waals surface area contributed by atoms with Crippen LogP contribution in [0.2, 0.25) is 0 Å². The minimum Gasteiger partial charge on any atom is -0.309 e. The van der Waals surface area contributed by atoms with Gasteiger partial charge in [-0.15, -0.1) is 0 Å². The molecule has 0 radical (unpaired) electrons. The van der Waals surface area contributed by atoms with E-state index in [-0.39, 0.29) is 11.8 Å². The number of aryl methyl sites for hydroxylation is 2. The van der Waals surface area contributed by atoms with Crippen LogP contribution in [0, 0.1) is 19.8 Å². The number of nitrogens with zero attached hydrogens (tertiary/aromatic N) is 3. The maximum absolute atomic E-state index is 13.1. The van der Waals surface area contributed by atoms with Crippen molar-refractivity contribution in [2.75, 3.05) is 32.1 Å². The van der Waals surface area contributed by atoms with Gasteiger partial charge in [0, 0.05) is 12.5 Å². The van der Waals surface area contributed by atoms with Gasteiger partial charge in [0.2, 0.25) is 5.91 Å². The Morgan fingerprint density at radius 1 is 1.20 bits per heavy atom. The molecule has 2 aromatic rings. The van der Waals surface area contributed by atoms with Crippen molar-refractivity contribution >= 4 is 32.6 Å². The summed E-state index contributed by atoms with van der Waals surface area (Å²) in [4.78, 5) is 22.1. The van der Waals surface area contributed by atoms with Gasteiger partial charge in [0.05, 0.1) is 10.2 Å². The molecule has 0 aliphatic heterocycles. The molecule has 1 amide bonds. The van der Waals surface area contributed by atoms with E-state index in [1.807, 2.05) is 4.90 Å². The lowest BCUT2D eigenvalue weighted by Crippen LogP contribution is -2.37. The molecule has 1 fully saturated rings. The zero-order valence-corrected chi connectivity index (χ0v) is 16.7. The van der Waals surface area contributed by atoms with Crippen LogP contribution < -0.4 is 4.90 Å². The highest BCUT2D eigenvalue weighted by Gasteiger charge is 2.29. The van der Waals surface area contributed by atoms with Crippen LogP contribution in [0.25, 0.3) is 10.2 Å². The van der Waals surface area contributed by atoms with Crippen LogP contribution in [-0.4, -0.2) is 43.0 Å². The summed E-state index contributed by atoms with van der Waals surface area (Å²) in [6.07, 6.45) is 5.40. The molecule has 1 aromatic carbocycles. The number of hydrogen-bond acceptors (Lipinski definition) is 4. The van der Waals surface area contributed by atoms with E-state index >= 15 is 0 Å². The molecule has 0 unspecified atom stereocenters. The summed E-state index contributed by atoms with van der Waals surface area (Å²) < 4.78 is 1.18. The minimum absolute atomic E-state index is 0.189. The molecule has 136 valence electrons. The van der Waals surface area contributed by atoms with E-state index in [0.717, 1.165) is 43.0 Å². The molecular weight excluding hydrogens is 330 g/mol. The van der Waals surface area contributed by atoms with Crippen molar-refractivity contribution in [3.05, 3.63) is 23.3 Å². The predicted octanol–water partition coefficient (Wildman–Crippen LogP) is 4.39. The summed E-state index contributed by atoms with van der Waals surface area (Å²) in [6, 6.07) is 4.28. The Morgan fingerprint density at radius 2 is 1.92 bits per heavy atom. The lowest BCUT2D eigenvalue weighted by molar-refractivity contribution is -0.122. The second-order valence-corrected chi connectivity index (χ2v) is 8.49. The van der Waals surface area contributed by atoms with Gasteiger partial charge < -0.3 is 4.90 Å². The van der Waals surface area contributed by atoms with Gasteiger partial charge in [0.1, 0.15) is 0 Å². The summed E-state index contributed by atoms with van der Waals surface area (Å²) in [5, 5.41) is 0.874. The van der Waals surface area contributed by atoms with Crippen molar-refractivity contribution in [1.29, 1.82) is 0 Å². The molecule has 0 N–H and O–H groups in total. The summed E-state index contributed by atoms with van der Waals surface area (Å²) in [5.74, 6) is 0.471. The zero-order chi connectivity index (χ0) is 18.0. The number of aromatic nitrogens is 1. The third-order valence-electron chi connectivity index (χ3n) is 5.26. The van der Waals surface area contributed by atoms with Crippen LogP contribution in [0.3, 0.4) is 0 Å². The number of hydrogen-bond donors (Lipinski definition) is 0. The Kier molecular flexibility index (Phi) is 5.74. The van der Waals surface area contributed by atoms with Crippen LogP contribution in [-0.2, 0) is 4.79 Å². The highest BCUT2D eigenvalue weighted by Crippen LogP contribution is 2.34.